The Hall–Kier alpha value is -2.89. The number of nitrogens with zero attached hydrogens (tertiary/aromatic N) is 1. The molecule has 6 heteroatoms. The summed E-state index contributed by atoms with van der Waals surface area (Å²) < 4.78 is 0. The summed E-state index contributed by atoms with van der Waals surface area (Å²) in [6, 6.07) is 7.07. The van der Waals surface area contributed by atoms with Crippen molar-refractivity contribution in [1.82, 2.24) is 9.97 Å². The van der Waals surface area contributed by atoms with Crippen LogP contribution in [0.4, 0.5) is 0 Å². The molecule has 0 spiro atoms. The monoisotopic (exact) mass is 272 g/mol. The van der Waals surface area contributed by atoms with Crippen molar-refractivity contribution in [3.63, 3.8) is 0 Å². The molecule has 0 atom stereocenters. The largest absolute Gasteiger partial charge is 0.506 e. The average molecular weight is 272 g/mol. The quantitative estimate of drug-likeness (QED) is 0.435. The van der Waals surface area contributed by atoms with Crippen LogP contribution in [-0.4, -0.2) is 31.9 Å². The van der Waals surface area contributed by atoms with Crippen molar-refractivity contribution in [2.24, 2.45) is 0 Å². The van der Waals surface area contributed by atoms with Gasteiger partial charge in [0.2, 0.25) is 0 Å². The molecule has 0 aliphatic heterocycles. The van der Waals surface area contributed by atoms with Crippen LogP contribution in [0.25, 0.3) is 5.76 Å². The molecule has 0 bridgehead atoms. The first-order valence-corrected chi connectivity index (χ1v) is 5.81. The van der Waals surface area contributed by atoms with Crippen molar-refractivity contribution in [3.8, 4) is 0 Å². The van der Waals surface area contributed by atoms with Gasteiger partial charge in [0.25, 0.3) is 5.78 Å². The lowest BCUT2D eigenvalue weighted by Gasteiger charge is -1.99. The standard InChI is InChI=1S/C14H12N2O4/c17-12(8-13(18)14(19)20)11-2-1-10(16-11)7-9-3-5-15-6-4-9/h1-6,8,16-17H,7H2,(H,19,20). The summed E-state index contributed by atoms with van der Waals surface area (Å²) in [7, 11) is 0. The van der Waals surface area contributed by atoms with E-state index in [0.717, 1.165) is 11.3 Å². The molecule has 0 aliphatic rings. The highest BCUT2D eigenvalue weighted by atomic mass is 16.4. The van der Waals surface area contributed by atoms with Gasteiger partial charge in [-0.05, 0) is 29.8 Å². The third kappa shape index (κ3) is 3.32. The van der Waals surface area contributed by atoms with E-state index < -0.39 is 17.5 Å². The Bertz CT molecular complexity index is 659. The Balaban J connectivity index is 2.13. The Labute approximate surface area is 114 Å². The van der Waals surface area contributed by atoms with Gasteiger partial charge in [-0.2, -0.15) is 0 Å². The predicted octanol–water partition coefficient (Wildman–Crippen LogP) is 1.55. The maximum atomic E-state index is 11.0. The number of H-pyrrole nitrogens is 1. The maximum Gasteiger partial charge on any atom is 0.376 e. The van der Waals surface area contributed by atoms with Crippen LogP contribution in [0.2, 0.25) is 0 Å². The molecule has 0 aliphatic carbocycles. The lowest BCUT2D eigenvalue weighted by Crippen LogP contribution is -2.09. The number of aromatic amines is 1. The van der Waals surface area contributed by atoms with E-state index in [1.807, 2.05) is 12.1 Å². The summed E-state index contributed by atoms with van der Waals surface area (Å²) in [4.78, 5) is 28.2. The molecule has 20 heavy (non-hydrogen) atoms. The van der Waals surface area contributed by atoms with E-state index in [9.17, 15) is 14.7 Å². The van der Waals surface area contributed by atoms with Gasteiger partial charge in [0.15, 0.2) is 0 Å². The minimum Gasteiger partial charge on any atom is -0.506 e. The van der Waals surface area contributed by atoms with E-state index in [1.54, 1.807) is 24.5 Å². The van der Waals surface area contributed by atoms with Crippen molar-refractivity contribution < 1.29 is 19.8 Å². The van der Waals surface area contributed by atoms with Crippen LogP contribution in [0, 0.1) is 0 Å². The Morgan fingerprint density at radius 1 is 1.15 bits per heavy atom. The number of aromatic nitrogens is 2. The number of aliphatic carboxylic acids is 1. The fraction of sp³-hybridized carbons (Fsp3) is 0.0714. The van der Waals surface area contributed by atoms with E-state index in [1.165, 1.54) is 0 Å². The molecule has 0 radical (unpaired) electrons. The summed E-state index contributed by atoms with van der Waals surface area (Å²) in [5.41, 5.74) is 2.16. The molecule has 2 aromatic heterocycles. The number of ketones is 1. The molecule has 0 saturated heterocycles. The molecule has 2 rings (SSSR count). The summed E-state index contributed by atoms with van der Waals surface area (Å²) in [6.07, 6.45) is 4.65. The summed E-state index contributed by atoms with van der Waals surface area (Å²) >= 11 is 0. The molecule has 102 valence electrons. The van der Waals surface area contributed by atoms with E-state index >= 15 is 0 Å². The Kier molecular flexibility index (Phi) is 3.95. The summed E-state index contributed by atoms with van der Waals surface area (Å²) in [5, 5.41) is 18.1. The summed E-state index contributed by atoms with van der Waals surface area (Å²) in [6.45, 7) is 0. The van der Waals surface area contributed by atoms with Gasteiger partial charge >= 0.3 is 5.97 Å². The van der Waals surface area contributed by atoms with E-state index in [2.05, 4.69) is 9.97 Å². The van der Waals surface area contributed by atoms with Gasteiger partial charge < -0.3 is 15.2 Å². The number of carboxylic acids is 1. The number of rotatable bonds is 5. The van der Waals surface area contributed by atoms with Gasteiger partial charge in [-0.25, -0.2) is 4.79 Å². The van der Waals surface area contributed by atoms with Crippen molar-refractivity contribution in [3.05, 3.63) is 59.7 Å². The molecule has 3 N–H and O–H groups in total. The zero-order valence-corrected chi connectivity index (χ0v) is 10.4. The first kappa shape index (κ1) is 13.5. The summed E-state index contributed by atoms with van der Waals surface area (Å²) in [5.74, 6) is -3.19. The fourth-order valence-corrected chi connectivity index (χ4v) is 1.68. The van der Waals surface area contributed by atoms with Crippen LogP contribution in [0.5, 0.6) is 0 Å². The number of pyridine rings is 1. The van der Waals surface area contributed by atoms with Crippen LogP contribution in [0.15, 0.2) is 42.7 Å². The minimum absolute atomic E-state index is 0.295. The number of carbonyl (C=O) groups is 2. The van der Waals surface area contributed by atoms with Crippen LogP contribution in [0.1, 0.15) is 17.0 Å². The second-order valence-electron chi connectivity index (χ2n) is 4.13. The van der Waals surface area contributed by atoms with Crippen molar-refractivity contribution in [2.45, 2.75) is 6.42 Å². The van der Waals surface area contributed by atoms with E-state index in [4.69, 9.17) is 5.11 Å². The van der Waals surface area contributed by atoms with Crippen LogP contribution >= 0.6 is 0 Å². The highest BCUT2D eigenvalue weighted by Gasteiger charge is 2.11. The van der Waals surface area contributed by atoms with Crippen molar-refractivity contribution in [1.29, 1.82) is 0 Å². The van der Waals surface area contributed by atoms with Gasteiger partial charge in [-0.1, -0.05) is 0 Å². The van der Waals surface area contributed by atoms with Gasteiger partial charge in [0.1, 0.15) is 5.76 Å². The minimum atomic E-state index is -1.61. The number of nitrogens with one attached hydrogen (secondary N) is 1. The lowest BCUT2D eigenvalue weighted by atomic mass is 10.1. The Morgan fingerprint density at radius 3 is 2.50 bits per heavy atom. The predicted molar refractivity (Wildman–Crippen MR) is 71.1 cm³/mol. The van der Waals surface area contributed by atoms with Crippen molar-refractivity contribution >= 4 is 17.5 Å². The highest BCUT2D eigenvalue weighted by Crippen LogP contribution is 2.14. The molecule has 0 saturated carbocycles. The first-order valence-electron chi connectivity index (χ1n) is 5.81. The number of carbonyl (C=O) groups excluding carboxylic acids is 1. The average Bonchev–Trinajstić information content (AvgIpc) is 2.88. The molecule has 0 aromatic carbocycles. The second-order valence-corrected chi connectivity index (χ2v) is 4.13. The van der Waals surface area contributed by atoms with Gasteiger partial charge in [-0.3, -0.25) is 9.78 Å². The smallest absolute Gasteiger partial charge is 0.376 e. The molecule has 6 nitrogen and oxygen atoms in total. The zero-order valence-electron chi connectivity index (χ0n) is 10.4. The zero-order chi connectivity index (χ0) is 14.5. The third-order valence-electron chi connectivity index (χ3n) is 2.64. The molecule has 0 unspecified atom stereocenters. The number of hydrogen-bond acceptors (Lipinski definition) is 4. The fourth-order valence-electron chi connectivity index (χ4n) is 1.68. The molecular formula is C14H12N2O4. The van der Waals surface area contributed by atoms with E-state index in [-0.39, 0.29) is 0 Å². The number of aliphatic hydroxyl groups excluding tert-OH is 1. The van der Waals surface area contributed by atoms with Crippen LogP contribution < -0.4 is 0 Å². The van der Waals surface area contributed by atoms with E-state index in [0.29, 0.717) is 18.2 Å². The number of aliphatic hydroxyl groups is 1. The SMILES string of the molecule is O=C(O)C(=O)C=C(O)c1ccc(Cc2ccncc2)[nH]1. The number of hydrogen-bond donors (Lipinski definition) is 3. The Morgan fingerprint density at radius 2 is 1.85 bits per heavy atom. The first-order chi connectivity index (χ1) is 9.56. The van der Waals surface area contributed by atoms with Crippen LogP contribution in [0.3, 0.4) is 0 Å². The second kappa shape index (κ2) is 5.83. The molecule has 0 amide bonds. The van der Waals surface area contributed by atoms with Gasteiger partial charge in [0.05, 0.1) is 5.69 Å². The highest BCUT2D eigenvalue weighted by molar-refractivity contribution is 6.38. The third-order valence-corrected chi connectivity index (χ3v) is 2.64. The topological polar surface area (TPSA) is 103 Å². The van der Waals surface area contributed by atoms with Gasteiger partial charge in [-0.15, -0.1) is 0 Å². The normalized spacial score (nSPS) is 11.3. The van der Waals surface area contributed by atoms with Crippen LogP contribution in [-0.2, 0) is 16.0 Å². The van der Waals surface area contributed by atoms with Gasteiger partial charge in [0, 0.05) is 30.6 Å². The molecule has 0 fully saturated rings. The molecule has 2 aromatic rings. The maximum absolute atomic E-state index is 11.0. The number of carboxylic acid groups (broad SMARTS) is 1. The molecule has 2 heterocycles. The molecular weight excluding hydrogens is 260 g/mol. The lowest BCUT2D eigenvalue weighted by molar-refractivity contribution is -0.146. The van der Waals surface area contributed by atoms with Crippen molar-refractivity contribution in [2.75, 3.05) is 0 Å².